The Bertz CT molecular complexity index is 549. The van der Waals surface area contributed by atoms with Crippen molar-refractivity contribution < 1.29 is 33.8 Å². The molecular weight excluding hydrogens is 280 g/mol. The Kier molecular flexibility index (Phi) is 4.51. The number of aliphatic hydroxyl groups is 2. The number of esters is 1. The predicted octanol–water partition coefficient (Wildman–Crippen LogP) is -1.74. The minimum absolute atomic E-state index is 0.167. The molecule has 114 valence electrons. The zero-order chi connectivity index (χ0) is 15.6. The molecule has 2 rings (SSSR count). The first kappa shape index (κ1) is 15.4. The van der Waals surface area contributed by atoms with Crippen molar-refractivity contribution in [3.63, 3.8) is 0 Å². The maximum atomic E-state index is 11.2. The number of nitrogens with zero attached hydrogens (tertiary/aromatic N) is 1. The fourth-order valence-corrected chi connectivity index (χ4v) is 2.11. The smallest absolute Gasteiger partial charge is 0.302 e. The maximum Gasteiger partial charge on any atom is 0.302 e. The fraction of sp³-hybridized carbons (Fsp3) is 0.462. The third kappa shape index (κ3) is 3.35. The number of carbonyl (C=O) groups is 2. The number of aliphatic hydroxyl groups excluding tert-OH is 2. The van der Waals surface area contributed by atoms with E-state index in [1.807, 2.05) is 0 Å². The largest absolute Gasteiger partial charge is 0.463 e. The number of ether oxygens (including phenoxy) is 2. The van der Waals surface area contributed by atoms with Crippen molar-refractivity contribution in [1.82, 2.24) is 0 Å². The third-order valence-electron chi connectivity index (χ3n) is 3.19. The first-order valence-corrected chi connectivity index (χ1v) is 6.35. The lowest BCUT2D eigenvalue weighted by Gasteiger charge is -2.12. The number of pyridine rings is 1. The van der Waals surface area contributed by atoms with E-state index < -0.39 is 36.4 Å². The summed E-state index contributed by atoms with van der Waals surface area (Å²) in [4.78, 5) is 21.9. The van der Waals surface area contributed by atoms with Crippen LogP contribution in [0.2, 0.25) is 0 Å². The molecule has 1 aromatic heterocycles. The molecular formula is C13H17N2O6+. The number of rotatable bonds is 4. The number of aromatic nitrogens is 1. The van der Waals surface area contributed by atoms with Crippen LogP contribution in [0.4, 0.5) is 0 Å². The Morgan fingerprint density at radius 3 is 2.76 bits per heavy atom. The number of carbonyl (C=O) groups excluding carboxylic acids is 2. The van der Waals surface area contributed by atoms with Gasteiger partial charge in [0.15, 0.2) is 18.5 Å². The number of nitrogens with two attached hydrogens (primary N) is 1. The van der Waals surface area contributed by atoms with Gasteiger partial charge in [0.1, 0.15) is 24.4 Å². The molecule has 1 fully saturated rings. The molecule has 4 N–H and O–H groups in total. The van der Waals surface area contributed by atoms with Gasteiger partial charge < -0.3 is 25.4 Å². The first-order valence-electron chi connectivity index (χ1n) is 6.35. The zero-order valence-corrected chi connectivity index (χ0v) is 11.4. The summed E-state index contributed by atoms with van der Waals surface area (Å²) >= 11 is 0. The second kappa shape index (κ2) is 6.17. The summed E-state index contributed by atoms with van der Waals surface area (Å²) in [5.41, 5.74) is 5.43. The molecule has 1 aliphatic heterocycles. The van der Waals surface area contributed by atoms with E-state index in [9.17, 15) is 19.8 Å². The molecule has 1 aliphatic rings. The van der Waals surface area contributed by atoms with Gasteiger partial charge in [0.05, 0.1) is 0 Å². The Morgan fingerprint density at radius 1 is 1.43 bits per heavy atom. The molecule has 8 nitrogen and oxygen atoms in total. The number of primary amides is 1. The molecule has 21 heavy (non-hydrogen) atoms. The van der Waals surface area contributed by atoms with Crippen LogP contribution in [0, 0.1) is 0 Å². The van der Waals surface area contributed by atoms with E-state index in [-0.39, 0.29) is 12.2 Å². The lowest BCUT2D eigenvalue weighted by atomic mass is 10.1. The molecule has 0 aliphatic carbocycles. The van der Waals surface area contributed by atoms with Gasteiger partial charge in [0.2, 0.25) is 0 Å². The summed E-state index contributed by atoms with van der Waals surface area (Å²) in [6, 6.07) is 3.09. The molecule has 0 bridgehead atoms. The summed E-state index contributed by atoms with van der Waals surface area (Å²) < 4.78 is 11.7. The van der Waals surface area contributed by atoms with Crippen molar-refractivity contribution in [3.8, 4) is 0 Å². The molecule has 0 saturated carbocycles. The van der Waals surface area contributed by atoms with Gasteiger partial charge in [-0.2, -0.15) is 4.57 Å². The Labute approximate surface area is 120 Å². The van der Waals surface area contributed by atoms with Crippen molar-refractivity contribution in [2.45, 2.75) is 31.5 Å². The highest BCUT2D eigenvalue weighted by molar-refractivity contribution is 5.92. The van der Waals surface area contributed by atoms with Gasteiger partial charge >= 0.3 is 5.97 Å². The highest BCUT2D eigenvalue weighted by Gasteiger charge is 2.48. The quantitative estimate of drug-likeness (QED) is 0.447. The zero-order valence-electron chi connectivity index (χ0n) is 11.4. The van der Waals surface area contributed by atoms with E-state index >= 15 is 0 Å². The molecule has 0 spiro atoms. The van der Waals surface area contributed by atoms with Crippen LogP contribution in [0.1, 0.15) is 23.5 Å². The highest BCUT2D eigenvalue weighted by Crippen LogP contribution is 2.25. The Balaban J connectivity index is 2.15. The van der Waals surface area contributed by atoms with Crippen LogP contribution in [0.3, 0.4) is 0 Å². The lowest BCUT2D eigenvalue weighted by Crippen LogP contribution is -2.46. The summed E-state index contributed by atoms with van der Waals surface area (Å²) in [5.74, 6) is -1.12. The molecule has 0 aromatic carbocycles. The van der Waals surface area contributed by atoms with Crippen molar-refractivity contribution in [2.75, 3.05) is 6.61 Å². The monoisotopic (exact) mass is 297 g/mol. The van der Waals surface area contributed by atoms with Crippen LogP contribution >= 0.6 is 0 Å². The number of amides is 1. The molecule has 0 radical (unpaired) electrons. The maximum absolute atomic E-state index is 11.2. The second-order valence-corrected chi connectivity index (χ2v) is 4.75. The van der Waals surface area contributed by atoms with Gasteiger partial charge in [-0.3, -0.25) is 9.59 Å². The van der Waals surface area contributed by atoms with Crippen molar-refractivity contribution in [3.05, 3.63) is 30.1 Å². The van der Waals surface area contributed by atoms with Crippen LogP contribution in [-0.4, -0.2) is 47.0 Å². The molecule has 1 saturated heterocycles. The number of hydrogen-bond donors (Lipinski definition) is 3. The average molecular weight is 297 g/mol. The van der Waals surface area contributed by atoms with Crippen LogP contribution < -0.4 is 10.3 Å². The van der Waals surface area contributed by atoms with Crippen molar-refractivity contribution in [2.24, 2.45) is 5.73 Å². The van der Waals surface area contributed by atoms with Gasteiger partial charge in [-0.1, -0.05) is 0 Å². The van der Waals surface area contributed by atoms with Gasteiger partial charge in [0.25, 0.3) is 12.1 Å². The normalized spacial score (nSPS) is 28.3. The minimum Gasteiger partial charge on any atom is -0.463 e. The van der Waals surface area contributed by atoms with Crippen molar-refractivity contribution in [1.29, 1.82) is 0 Å². The van der Waals surface area contributed by atoms with Crippen LogP contribution in [-0.2, 0) is 14.3 Å². The van der Waals surface area contributed by atoms with Crippen LogP contribution in [0.15, 0.2) is 24.5 Å². The predicted molar refractivity (Wildman–Crippen MR) is 67.7 cm³/mol. The van der Waals surface area contributed by atoms with E-state index in [0.717, 1.165) is 0 Å². The van der Waals surface area contributed by atoms with Crippen LogP contribution in [0.5, 0.6) is 0 Å². The van der Waals surface area contributed by atoms with Crippen LogP contribution in [0.25, 0.3) is 0 Å². The van der Waals surface area contributed by atoms with E-state index in [1.54, 1.807) is 12.3 Å². The molecule has 4 atom stereocenters. The third-order valence-corrected chi connectivity index (χ3v) is 3.19. The molecule has 2 heterocycles. The van der Waals surface area contributed by atoms with E-state index in [2.05, 4.69) is 0 Å². The highest BCUT2D eigenvalue weighted by atomic mass is 16.6. The van der Waals surface area contributed by atoms with E-state index in [0.29, 0.717) is 0 Å². The summed E-state index contributed by atoms with van der Waals surface area (Å²) in [6.45, 7) is 1.07. The summed E-state index contributed by atoms with van der Waals surface area (Å²) in [6.07, 6.45) is -1.20. The summed E-state index contributed by atoms with van der Waals surface area (Å²) in [5, 5.41) is 19.9. The minimum atomic E-state index is -1.22. The molecule has 8 heteroatoms. The van der Waals surface area contributed by atoms with Gasteiger partial charge in [0, 0.05) is 13.0 Å². The van der Waals surface area contributed by atoms with E-state index in [4.69, 9.17) is 15.2 Å². The molecule has 1 unspecified atom stereocenters. The Morgan fingerprint density at radius 2 is 2.14 bits per heavy atom. The SMILES string of the molecule is CC(=O)OC[C@H]1OC([n+]2cccc(C(N)=O)c2)[C@H](O)[C@@H]1O. The molecule has 1 aromatic rings. The summed E-state index contributed by atoms with van der Waals surface area (Å²) in [7, 11) is 0. The van der Waals surface area contributed by atoms with E-state index in [1.165, 1.54) is 23.8 Å². The average Bonchev–Trinajstić information content (AvgIpc) is 2.73. The fourth-order valence-electron chi connectivity index (χ4n) is 2.11. The lowest BCUT2D eigenvalue weighted by molar-refractivity contribution is -0.765. The topological polar surface area (TPSA) is 123 Å². The van der Waals surface area contributed by atoms with Crippen molar-refractivity contribution >= 4 is 11.9 Å². The molecule has 1 amide bonds. The number of hydrogen-bond acceptors (Lipinski definition) is 6. The Hall–Kier alpha value is -2.03. The second-order valence-electron chi connectivity index (χ2n) is 4.75. The van der Waals surface area contributed by atoms with Gasteiger partial charge in [-0.25, -0.2) is 0 Å². The first-order chi connectivity index (χ1) is 9.90. The van der Waals surface area contributed by atoms with Gasteiger partial charge in [-0.05, 0) is 6.07 Å². The van der Waals surface area contributed by atoms with Gasteiger partial charge in [-0.15, -0.1) is 0 Å². The standard InChI is InChI=1S/C13H16N2O6/c1-7(16)20-6-9-10(17)11(18)13(21-9)15-4-2-3-8(5-15)12(14)19/h2-5,9-11,13,17-18H,6H2,1H3,(H-,14,19)/p+1/t9-,10-,11-,13?/m1/s1.